The van der Waals surface area contributed by atoms with Gasteiger partial charge < -0.3 is 20.5 Å². The van der Waals surface area contributed by atoms with E-state index in [-0.39, 0.29) is 29.8 Å². The number of aryl methyl sites for hydroxylation is 1. The molecule has 39 heavy (non-hydrogen) atoms. The third-order valence-corrected chi connectivity index (χ3v) is 5.88. The monoisotopic (exact) mass is 528 g/mol. The Labute approximate surface area is 224 Å². The summed E-state index contributed by atoms with van der Waals surface area (Å²) in [4.78, 5) is 37.5. The van der Waals surface area contributed by atoms with Crippen molar-refractivity contribution in [2.75, 3.05) is 6.54 Å². The number of carbonyl (C=O) groups excluding carboxylic acids is 2. The Hall–Kier alpha value is -5.06. The van der Waals surface area contributed by atoms with Gasteiger partial charge in [0.25, 0.3) is 12.0 Å². The number of aromatic nitrogens is 4. The molecule has 1 heterocycles. The number of nitrogens with one attached hydrogen (secondary N) is 3. The molecule has 1 aromatic heterocycles. The molecule has 0 saturated carbocycles. The molecule has 0 aliphatic carbocycles. The van der Waals surface area contributed by atoms with E-state index in [1.807, 2.05) is 36.4 Å². The molecule has 0 radical (unpaired) electrons. The normalized spacial score (nSPS) is 12.2. The van der Waals surface area contributed by atoms with Crippen LogP contribution in [0, 0.1) is 0 Å². The third-order valence-electron chi connectivity index (χ3n) is 5.88. The van der Waals surface area contributed by atoms with E-state index in [0.29, 0.717) is 12.1 Å². The minimum absolute atomic E-state index is 0.112. The summed E-state index contributed by atoms with van der Waals surface area (Å²) >= 11 is 0. The SMILES string of the molecule is O=C(N[C@@H](Cc1ccc(OC(C(=O)O)c2nn[nH]n2)cc1)C(=O)NCCCc1ccccc1)c1ccccc1. The van der Waals surface area contributed by atoms with E-state index in [1.54, 1.807) is 48.5 Å². The van der Waals surface area contributed by atoms with Crippen LogP contribution in [0.2, 0.25) is 0 Å². The molecule has 4 N–H and O–H groups in total. The molecule has 1 unspecified atom stereocenters. The van der Waals surface area contributed by atoms with Gasteiger partial charge in [-0.3, -0.25) is 9.59 Å². The second-order valence-corrected chi connectivity index (χ2v) is 8.73. The maximum Gasteiger partial charge on any atom is 0.353 e. The zero-order chi connectivity index (χ0) is 27.5. The second kappa shape index (κ2) is 13.5. The van der Waals surface area contributed by atoms with Gasteiger partial charge in [-0.1, -0.05) is 65.9 Å². The average molecular weight is 529 g/mol. The molecule has 0 aliphatic rings. The Morgan fingerprint density at radius 3 is 2.23 bits per heavy atom. The lowest BCUT2D eigenvalue weighted by Gasteiger charge is -2.19. The maximum atomic E-state index is 13.1. The number of rotatable bonds is 13. The highest BCUT2D eigenvalue weighted by atomic mass is 16.5. The first-order chi connectivity index (χ1) is 19.0. The number of H-pyrrole nitrogens is 1. The van der Waals surface area contributed by atoms with E-state index in [9.17, 15) is 19.5 Å². The van der Waals surface area contributed by atoms with Crippen molar-refractivity contribution in [3.8, 4) is 5.75 Å². The van der Waals surface area contributed by atoms with E-state index in [2.05, 4.69) is 31.3 Å². The largest absolute Gasteiger partial charge is 0.478 e. The van der Waals surface area contributed by atoms with Crippen molar-refractivity contribution >= 4 is 17.8 Å². The van der Waals surface area contributed by atoms with Gasteiger partial charge in [0.2, 0.25) is 11.7 Å². The van der Waals surface area contributed by atoms with Crippen molar-refractivity contribution in [2.45, 2.75) is 31.4 Å². The van der Waals surface area contributed by atoms with E-state index in [4.69, 9.17) is 4.74 Å². The molecule has 0 saturated heterocycles. The van der Waals surface area contributed by atoms with Crippen LogP contribution in [-0.2, 0) is 22.4 Å². The van der Waals surface area contributed by atoms with Gasteiger partial charge in [0.05, 0.1) is 0 Å². The first-order valence-electron chi connectivity index (χ1n) is 12.4. The van der Waals surface area contributed by atoms with Crippen molar-refractivity contribution in [2.24, 2.45) is 0 Å². The summed E-state index contributed by atoms with van der Waals surface area (Å²) in [6.45, 7) is 0.463. The van der Waals surface area contributed by atoms with Crippen LogP contribution < -0.4 is 15.4 Å². The summed E-state index contributed by atoms with van der Waals surface area (Å²) < 4.78 is 5.52. The number of aliphatic carboxylic acids is 1. The fourth-order valence-electron chi connectivity index (χ4n) is 3.88. The molecule has 4 aromatic rings. The van der Waals surface area contributed by atoms with Gasteiger partial charge in [-0.25, -0.2) is 4.79 Å². The quantitative estimate of drug-likeness (QED) is 0.193. The first-order valence-corrected chi connectivity index (χ1v) is 12.4. The molecule has 3 aromatic carbocycles. The summed E-state index contributed by atoms with van der Waals surface area (Å²) in [6.07, 6.45) is 0.363. The molecule has 0 spiro atoms. The van der Waals surface area contributed by atoms with Gasteiger partial charge in [-0.2, -0.15) is 5.21 Å². The van der Waals surface area contributed by atoms with Crippen LogP contribution in [0.25, 0.3) is 0 Å². The number of nitrogens with zero attached hydrogens (tertiary/aromatic N) is 3. The van der Waals surface area contributed by atoms with Gasteiger partial charge in [0, 0.05) is 18.5 Å². The average Bonchev–Trinajstić information content (AvgIpc) is 3.50. The zero-order valence-electron chi connectivity index (χ0n) is 21.0. The van der Waals surface area contributed by atoms with Crippen molar-refractivity contribution in [1.82, 2.24) is 31.3 Å². The molecule has 11 nitrogen and oxygen atoms in total. The number of carbonyl (C=O) groups is 3. The molecular weight excluding hydrogens is 500 g/mol. The highest BCUT2D eigenvalue weighted by Gasteiger charge is 2.27. The van der Waals surface area contributed by atoms with Gasteiger partial charge in [-0.05, 0) is 48.2 Å². The molecular formula is C28H28N6O5. The van der Waals surface area contributed by atoms with Crippen LogP contribution in [0.5, 0.6) is 5.75 Å². The number of benzene rings is 3. The fourth-order valence-corrected chi connectivity index (χ4v) is 3.88. The van der Waals surface area contributed by atoms with Crippen LogP contribution in [0.4, 0.5) is 0 Å². The smallest absolute Gasteiger partial charge is 0.353 e. The van der Waals surface area contributed by atoms with E-state index in [1.165, 1.54) is 5.56 Å². The zero-order valence-corrected chi connectivity index (χ0v) is 21.0. The second-order valence-electron chi connectivity index (χ2n) is 8.73. The lowest BCUT2D eigenvalue weighted by atomic mass is 10.0. The van der Waals surface area contributed by atoms with E-state index < -0.39 is 18.1 Å². The molecule has 0 aliphatic heterocycles. The highest BCUT2D eigenvalue weighted by Crippen LogP contribution is 2.21. The number of tetrazole rings is 1. The Bertz CT molecular complexity index is 1350. The number of aromatic amines is 1. The number of carboxylic acids is 1. The third kappa shape index (κ3) is 7.96. The molecule has 0 bridgehead atoms. The minimum atomic E-state index is -1.44. The van der Waals surface area contributed by atoms with E-state index >= 15 is 0 Å². The Balaban J connectivity index is 1.40. The summed E-state index contributed by atoms with van der Waals surface area (Å²) in [5.41, 5.74) is 2.38. The first kappa shape index (κ1) is 27.0. The van der Waals surface area contributed by atoms with Crippen LogP contribution >= 0.6 is 0 Å². The molecule has 11 heteroatoms. The van der Waals surface area contributed by atoms with E-state index in [0.717, 1.165) is 18.4 Å². The summed E-state index contributed by atoms with van der Waals surface area (Å²) in [5, 5.41) is 28.1. The maximum absolute atomic E-state index is 13.1. The highest BCUT2D eigenvalue weighted by molar-refractivity contribution is 5.97. The number of hydrogen-bond acceptors (Lipinski definition) is 7. The van der Waals surface area contributed by atoms with Crippen molar-refractivity contribution in [3.05, 3.63) is 107 Å². The lowest BCUT2D eigenvalue weighted by molar-refractivity contribution is -0.145. The van der Waals surface area contributed by atoms with Crippen molar-refractivity contribution < 1.29 is 24.2 Å². The standard InChI is InChI=1S/C28H28N6O5/c35-26(21-11-5-2-6-12-21)30-23(27(36)29-17-7-10-19-8-3-1-4-9-19)18-20-13-15-22(16-14-20)39-24(28(37)38)25-31-33-34-32-25/h1-6,8-9,11-16,23-24H,7,10,17-18H2,(H,29,36)(H,30,35)(H,37,38)(H,31,32,33,34)/t23-,24?/m0/s1. The molecule has 200 valence electrons. The summed E-state index contributed by atoms with van der Waals surface area (Å²) in [7, 11) is 0. The summed E-state index contributed by atoms with van der Waals surface area (Å²) in [6, 6.07) is 24.4. The molecule has 2 atom stereocenters. The Morgan fingerprint density at radius 1 is 0.897 bits per heavy atom. The minimum Gasteiger partial charge on any atom is -0.478 e. The lowest BCUT2D eigenvalue weighted by Crippen LogP contribution is -2.48. The Kier molecular flexibility index (Phi) is 9.32. The summed E-state index contributed by atoms with van der Waals surface area (Å²) in [5.74, 6) is -1.77. The number of hydrogen-bond donors (Lipinski definition) is 4. The molecule has 2 amide bonds. The van der Waals surface area contributed by atoms with Crippen LogP contribution in [0.3, 0.4) is 0 Å². The topological polar surface area (TPSA) is 159 Å². The van der Waals surface area contributed by atoms with Crippen molar-refractivity contribution in [3.63, 3.8) is 0 Å². The fraction of sp³-hybridized carbons (Fsp3) is 0.214. The van der Waals surface area contributed by atoms with Crippen molar-refractivity contribution in [1.29, 1.82) is 0 Å². The van der Waals surface area contributed by atoms with Crippen LogP contribution in [0.1, 0.15) is 39.8 Å². The predicted molar refractivity (Wildman–Crippen MR) is 141 cm³/mol. The van der Waals surface area contributed by atoms with Gasteiger partial charge in [-0.15, -0.1) is 10.2 Å². The van der Waals surface area contributed by atoms with Gasteiger partial charge >= 0.3 is 5.97 Å². The van der Waals surface area contributed by atoms with Crippen LogP contribution in [0.15, 0.2) is 84.9 Å². The molecule has 4 rings (SSSR count). The van der Waals surface area contributed by atoms with Gasteiger partial charge in [0.1, 0.15) is 11.8 Å². The number of ether oxygens (including phenoxy) is 1. The number of carboxylic acid groups (broad SMARTS) is 1. The molecule has 0 fully saturated rings. The Morgan fingerprint density at radius 2 is 1.59 bits per heavy atom. The van der Waals surface area contributed by atoms with Gasteiger partial charge in [0.15, 0.2) is 0 Å². The predicted octanol–water partition coefficient (Wildman–Crippen LogP) is 2.49. The van der Waals surface area contributed by atoms with Crippen LogP contribution in [-0.4, -0.2) is 56.1 Å². The number of amides is 2.